The number of carbonyl (C=O) groups excluding carboxylic acids is 1. The minimum Gasteiger partial charge on any atom is -0.272 e. The minimum atomic E-state index is -3.50. The summed E-state index contributed by atoms with van der Waals surface area (Å²) in [5.74, 6) is -0.287. The van der Waals surface area contributed by atoms with E-state index in [0.29, 0.717) is 6.42 Å². The van der Waals surface area contributed by atoms with E-state index < -0.39 is 16.3 Å². The summed E-state index contributed by atoms with van der Waals surface area (Å²) >= 11 is 0. The van der Waals surface area contributed by atoms with Crippen molar-refractivity contribution in [3.8, 4) is 0 Å². The van der Waals surface area contributed by atoms with Crippen LogP contribution in [0.15, 0.2) is 0 Å². The molecular weight excluding hydrogens is 192 g/mol. The first-order valence-corrected chi connectivity index (χ1v) is 5.86. The van der Waals surface area contributed by atoms with Crippen molar-refractivity contribution in [2.24, 2.45) is 0 Å². The molecule has 5 nitrogen and oxygen atoms in total. The third-order valence-electron chi connectivity index (χ3n) is 2.35. The highest BCUT2D eigenvalue weighted by Gasteiger charge is 2.49. The van der Waals surface area contributed by atoms with E-state index in [-0.39, 0.29) is 11.9 Å². The lowest BCUT2D eigenvalue weighted by Crippen LogP contribution is -2.34. The zero-order valence-electron chi connectivity index (χ0n) is 7.36. The van der Waals surface area contributed by atoms with E-state index in [0.717, 1.165) is 17.1 Å². The molecule has 0 bridgehead atoms. The van der Waals surface area contributed by atoms with Crippen molar-refractivity contribution in [1.82, 2.24) is 9.03 Å². The van der Waals surface area contributed by atoms with E-state index in [1.165, 1.54) is 0 Å². The summed E-state index contributed by atoms with van der Waals surface area (Å²) in [6, 6.07) is -0.604. The summed E-state index contributed by atoms with van der Waals surface area (Å²) in [6.07, 6.45) is 2.13. The second kappa shape index (κ2) is 2.68. The summed E-state index contributed by atoms with van der Waals surface area (Å²) in [5, 5.41) is 0. The Morgan fingerprint density at radius 3 is 2.54 bits per heavy atom. The molecule has 0 spiro atoms. The van der Waals surface area contributed by atoms with Gasteiger partial charge in [0.15, 0.2) is 0 Å². The van der Waals surface area contributed by atoms with Gasteiger partial charge in [-0.2, -0.15) is 13.1 Å². The first-order chi connectivity index (χ1) is 6.06. The van der Waals surface area contributed by atoms with Gasteiger partial charge in [-0.3, -0.25) is 4.79 Å². The maximum atomic E-state index is 11.5. The Hall–Kier alpha value is -0.620. The van der Waals surface area contributed by atoms with Gasteiger partial charge in [-0.25, -0.2) is 4.31 Å². The van der Waals surface area contributed by atoms with E-state index in [4.69, 9.17) is 0 Å². The van der Waals surface area contributed by atoms with Gasteiger partial charge in [-0.15, -0.1) is 0 Å². The molecule has 0 aromatic carbocycles. The molecule has 0 radical (unpaired) electrons. The topological polar surface area (TPSA) is 66.5 Å². The zero-order valence-corrected chi connectivity index (χ0v) is 8.17. The molecule has 6 heteroatoms. The molecule has 2 fully saturated rings. The average Bonchev–Trinajstić information content (AvgIpc) is 2.80. The van der Waals surface area contributed by atoms with E-state index in [2.05, 4.69) is 4.72 Å². The fourth-order valence-corrected chi connectivity index (χ4v) is 3.21. The highest BCUT2D eigenvalue weighted by atomic mass is 32.2. The van der Waals surface area contributed by atoms with Crippen LogP contribution in [0.3, 0.4) is 0 Å². The molecule has 1 unspecified atom stereocenters. The summed E-state index contributed by atoms with van der Waals surface area (Å²) in [6.45, 7) is 1.79. The number of nitrogens with zero attached hydrogens (tertiary/aromatic N) is 1. The van der Waals surface area contributed by atoms with Gasteiger partial charge in [-0.1, -0.05) is 6.92 Å². The number of rotatable bonds is 2. The van der Waals surface area contributed by atoms with Gasteiger partial charge >= 0.3 is 10.2 Å². The van der Waals surface area contributed by atoms with E-state index in [9.17, 15) is 13.2 Å². The first kappa shape index (κ1) is 8.96. The minimum absolute atomic E-state index is 0.0680. The normalized spacial score (nSPS) is 32.5. The fourth-order valence-electron chi connectivity index (χ4n) is 1.50. The summed E-state index contributed by atoms with van der Waals surface area (Å²) in [5.41, 5.74) is 0. The van der Waals surface area contributed by atoms with Crippen LogP contribution >= 0.6 is 0 Å². The van der Waals surface area contributed by atoms with E-state index >= 15 is 0 Å². The lowest BCUT2D eigenvalue weighted by atomic mass is 10.2. The molecule has 1 atom stereocenters. The van der Waals surface area contributed by atoms with Crippen molar-refractivity contribution in [1.29, 1.82) is 0 Å². The zero-order chi connectivity index (χ0) is 9.64. The summed E-state index contributed by atoms with van der Waals surface area (Å²) in [7, 11) is -3.50. The Morgan fingerprint density at radius 1 is 1.54 bits per heavy atom. The number of carbonyl (C=O) groups is 1. The Kier molecular flexibility index (Phi) is 1.85. The number of amides is 1. The van der Waals surface area contributed by atoms with Crippen LogP contribution in [-0.4, -0.2) is 30.7 Å². The van der Waals surface area contributed by atoms with Gasteiger partial charge in [-0.05, 0) is 19.3 Å². The van der Waals surface area contributed by atoms with Crippen LogP contribution in [0.1, 0.15) is 26.2 Å². The largest absolute Gasteiger partial charge is 0.304 e. The average molecular weight is 204 g/mol. The number of hydrogen-bond acceptors (Lipinski definition) is 3. The van der Waals surface area contributed by atoms with E-state index in [1.54, 1.807) is 6.92 Å². The van der Waals surface area contributed by atoms with Gasteiger partial charge in [0.05, 0.1) is 0 Å². The van der Waals surface area contributed by atoms with Crippen LogP contribution in [0.5, 0.6) is 0 Å². The predicted octanol–water partition coefficient (Wildman–Crippen LogP) is -0.396. The van der Waals surface area contributed by atoms with Crippen molar-refractivity contribution in [3.63, 3.8) is 0 Å². The smallest absolute Gasteiger partial charge is 0.272 e. The van der Waals surface area contributed by atoms with Crippen molar-refractivity contribution in [2.45, 2.75) is 38.3 Å². The van der Waals surface area contributed by atoms with E-state index in [1.807, 2.05) is 0 Å². The molecular formula is C7H12N2O3S. The highest BCUT2D eigenvalue weighted by Crippen LogP contribution is 2.32. The lowest BCUT2D eigenvalue weighted by Gasteiger charge is -2.11. The van der Waals surface area contributed by atoms with Gasteiger partial charge in [0, 0.05) is 6.04 Å². The summed E-state index contributed by atoms with van der Waals surface area (Å²) < 4.78 is 26.2. The second-order valence-electron chi connectivity index (χ2n) is 3.45. The predicted molar refractivity (Wildman–Crippen MR) is 46.0 cm³/mol. The fraction of sp³-hybridized carbons (Fsp3) is 0.857. The summed E-state index contributed by atoms with van der Waals surface area (Å²) in [4.78, 5) is 11.5. The molecule has 1 saturated heterocycles. The van der Waals surface area contributed by atoms with Gasteiger partial charge in [0.1, 0.15) is 6.04 Å². The maximum absolute atomic E-state index is 11.5. The van der Waals surface area contributed by atoms with Crippen LogP contribution in [0, 0.1) is 0 Å². The Balaban J connectivity index is 2.29. The standard InChI is InChI=1S/C7H12N2O3S/c1-2-6-7(10)9(5-3-4-5)13(11,12)8-6/h5-6,8H,2-4H2,1H3. The van der Waals surface area contributed by atoms with Crippen molar-refractivity contribution >= 4 is 16.1 Å². The second-order valence-corrected chi connectivity index (χ2v) is 5.03. The molecule has 1 heterocycles. The van der Waals surface area contributed by atoms with Crippen LogP contribution in [0.2, 0.25) is 0 Å². The molecule has 1 amide bonds. The Morgan fingerprint density at radius 2 is 2.15 bits per heavy atom. The van der Waals surface area contributed by atoms with Crippen LogP contribution in [0.25, 0.3) is 0 Å². The molecule has 0 aromatic rings. The van der Waals surface area contributed by atoms with Gasteiger partial charge < -0.3 is 0 Å². The van der Waals surface area contributed by atoms with Crippen LogP contribution < -0.4 is 4.72 Å². The number of hydrogen-bond donors (Lipinski definition) is 1. The third kappa shape index (κ3) is 1.34. The molecule has 0 aromatic heterocycles. The molecule has 2 aliphatic rings. The van der Waals surface area contributed by atoms with Crippen molar-refractivity contribution < 1.29 is 13.2 Å². The molecule has 1 aliphatic heterocycles. The molecule has 13 heavy (non-hydrogen) atoms. The Bertz CT molecular complexity index is 334. The molecule has 1 aliphatic carbocycles. The molecule has 1 saturated carbocycles. The SMILES string of the molecule is CCC1NS(=O)(=O)N(C2CC2)C1=O. The van der Waals surface area contributed by atoms with Crippen molar-refractivity contribution in [3.05, 3.63) is 0 Å². The third-order valence-corrected chi connectivity index (χ3v) is 3.93. The lowest BCUT2D eigenvalue weighted by molar-refractivity contribution is -0.127. The van der Waals surface area contributed by atoms with Crippen LogP contribution in [-0.2, 0) is 15.0 Å². The maximum Gasteiger partial charge on any atom is 0.304 e. The molecule has 1 N–H and O–H groups in total. The quantitative estimate of drug-likeness (QED) is 0.665. The number of nitrogens with one attached hydrogen (secondary N) is 1. The molecule has 74 valence electrons. The van der Waals surface area contributed by atoms with Gasteiger partial charge in [0.2, 0.25) is 0 Å². The molecule has 2 rings (SSSR count). The van der Waals surface area contributed by atoms with Gasteiger partial charge in [0.25, 0.3) is 5.91 Å². The van der Waals surface area contributed by atoms with Crippen molar-refractivity contribution in [2.75, 3.05) is 0 Å². The monoisotopic (exact) mass is 204 g/mol. The first-order valence-electron chi connectivity index (χ1n) is 4.42. The highest BCUT2D eigenvalue weighted by molar-refractivity contribution is 7.88. The Labute approximate surface area is 77.3 Å². The van der Waals surface area contributed by atoms with Crippen LogP contribution in [0.4, 0.5) is 0 Å².